The van der Waals surface area contributed by atoms with Crippen molar-refractivity contribution in [2.75, 3.05) is 18.6 Å². The molecule has 1 amide bonds. The van der Waals surface area contributed by atoms with E-state index in [0.29, 0.717) is 44.1 Å². The zero-order valence-electron chi connectivity index (χ0n) is 24.0. The van der Waals surface area contributed by atoms with E-state index < -0.39 is 13.0 Å². The molecule has 0 unspecified atom stereocenters. The number of ether oxygens (including phenoxy) is 1. The quantitative estimate of drug-likeness (QED) is 0.304. The molecule has 0 saturated heterocycles. The van der Waals surface area contributed by atoms with Gasteiger partial charge in [0.2, 0.25) is 5.91 Å². The second kappa shape index (κ2) is 13.1. The largest absolute Gasteiger partial charge is 0.496 e. The Morgan fingerprint density at radius 3 is 2.49 bits per heavy atom. The summed E-state index contributed by atoms with van der Waals surface area (Å²) in [6.07, 6.45) is 7.37. The fraction of sp³-hybridized carbons (Fsp3) is 0.515. The van der Waals surface area contributed by atoms with Crippen molar-refractivity contribution >= 4 is 11.6 Å². The Hall–Kier alpha value is -3.26. The van der Waals surface area contributed by atoms with Crippen LogP contribution in [0.3, 0.4) is 0 Å². The van der Waals surface area contributed by atoms with E-state index in [0.717, 1.165) is 53.8 Å². The van der Waals surface area contributed by atoms with Gasteiger partial charge in [-0.25, -0.2) is 8.78 Å². The van der Waals surface area contributed by atoms with Gasteiger partial charge < -0.3 is 14.7 Å². The predicted molar refractivity (Wildman–Crippen MR) is 156 cm³/mol. The number of rotatable bonds is 9. The molecule has 1 N–H and O–H groups in total. The first kappa shape index (κ1) is 29.2. The molecule has 3 aromatic rings. The fourth-order valence-electron chi connectivity index (χ4n) is 6.57. The molecule has 1 aromatic heterocycles. The number of hydrogen-bond acceptors (Lipinski definition) is 4. The van der Waals surface area contributed by atoms with E-state index in [2.05, 4.69) is 30.2 Å². The third-order valence-corrected chi connectivity index (χ3v) is 8.94. The number of aliphatic hydroxyl groups excluding tert-OH is 1. The molecule has 2 aromatic carbocycles. The van der Waals surface area contributed by atoms with E-state index in [1.165, 1.54) is 10.2 Å². The molecular formula is C33H41F2N3O3. The van der Waals surface area contributed by atoms with Crippen LogP contribution in [0.1, 0.15) is 68.4 Å². The SMILES string of the molecule is COc1ccc(C2CCC(CN(C(=O)C3CCC(O)CC3)c3cccc(-c4cnn(CC(F)F)c4)c3)CC2)cc1C. The van der Waals surface area contributed by atoms with E-state index in [4.69, 9.17) is 4.74 Å². The molecule has 1 heterocycles. The highest BCUT2D eigenvalue weighted by Gasteiger charge is 2.32. The number of carbonyl (C=O) groups excluding carboxylic acids is 1. The summed E-state index contributed by atoms with van der Waals surface area (Å²) in [6, 6.07) is 14.3. The van der Waals surface area contributed by atoms with Gasteiger partial charge in [0.05, 0.1) is 19.4 Å². The second-order valence-electron chi connectivity index (χ2n) is 11.8. The zero-order valence-corrected chi connectivity index (χ0v) is 24.0. The van der Waals surface area contributed by atoms with Gasteiger partial charge in [-0.05, 0) is 105 Å². The minimum atomic E-state index is -2.47. The van der Waals surface area contributed by atoms with E-state index >= 15 is 0 Å². The van der Waals surface area contributed by atoms with Crippen molar-refractivity contribution in [3.8, 4) is 16.9 Å². The Morgan fingerprint density at radius 1 is 1.05 bits per heavy atom. The fourth-order valence-corrected chi connectivity index (χ4v) is 6.57. The number of benzene rings is 2. The highest BCUT2D eigenvalue weighted by Crippen LogP contribution is 2.39. The Bertz CT molecular complexity index is 1310. The number of halogens is 2. The first-order valence-electron chi connectivity index (χ1n) is 14.9. The number of aliphatic hydroxyl groups is 1. The summed E-state index contributed by atoms with van der Waals surface area (Å²) in [5.41, 5.74) is 4.93. The zero-order chi connectivity index (χ0) is 28.9. The van der Waals surface area contributed by atoms with Crippen LogP contribution in [-0.2, 0) is 11.3 Å². The molecule has 8 heteroatoms. The molecule has 2 fully saturated rings. The van der Waals surface area contributed by atoms with Crippen molar-refractivity contribution in [2.45, 2.75) is 83.3 Å². The van der Waals surface area contributed by atoms with Gasteiger partial charge in [-0.1, -0.05) is 24.3 Å². The lowest BCUT2D eigenvalue weighted by molar-refractivity contribution is -0.124. The minimum Gasteiger partial charge on any atom is -0.496 e. The van der Waals surface area contributed by atoms with Gasteiger partial charge in [0.25, 0.3) is 6.43 Å². The number of hydrogen-bond donors (Lipinski definition) is 1. The van der Waals surface area contributed by atoms with Crippen molar-refractivity contribution in [1.82, 2.24) is 9.78 Å². The van der Waals surface area contributed by atoms with Crippen LogP contribution in [-0.4, -0.2) is 47.0 Å². The van der Waals surface area contributed by atoms with Crippen molar-refractivity contribution < 1.29 is 23.4 Å². The molecule has 220 valence electrons. The summed E-state index contributed by atoms with van der Waals surface area (Å²) in [5.74, 6) is 1.83. The maximum atomic E-state index is 14.0. The van der Waals surface area contributed by atoms with Crippen molar-refractivity contribution in [3.05, 3.63) is 66.0 Å². The highest BCUT2D eigenvalue weighted by atomic mass is 19.3. The lowest BCUT2D eigenvalue weighted by Gasteiger charge is -2.36. The number of carbonyl (C=O) groups is 1. The van der Waals surface area contributed by atoms with Gasteiger partial charge in [-0.2, -0.15) is 5.10 Å². The number of aromatic nitrogens is 2. The first-order chi connectivity index (χ1) is 19.8. The Balaban J connectivity index is 1.33. The van der Waals surface area contributed by atoms with Crippen molar-refractivity contribution in [3.63, 3.8) is 0 Å². The number of anilines is 1. The van der Waals surface area contributed by atoms with Crippen LogP contribution in [0, 0.1) is 18.8 Å². The summed E-state index contributed by atoms with van der Waals surface area (Å²) in [7, 11) is 1.70. The van der Waals surface area contributed by atoms with Crippen LogP contribution in [0.25, 0.3) is 11.1 Å². The molecule has 6 nitrogen and oxygen atoms in total. The summed E-state index contributed by atoms with van der Waals surface area (Å²) in [4.78, 5) is 15.9. The molecule has 0 radical (unpaired) electrons. The molecule has 5 rings (SSSR count). The molecule has 0 bridgehead atoms. The Morgan fingerprint density at radius 2 is 1.80 bits per heavy atom. The molecule has 0 spiro atoms. The number of aryl methyl sites for hydroxylation is 1. The van der Waals surface area contributed by atoms with Gasteiger partial charge in [0.1, 0.15) is 12.3 Å². The van der Waals surface area contributed by atoms with Crippen LogP contribution in [0.4, 0.5) is 14.5 Å². The van der Waals surface area contributed by atoms with Crippen molar-refractivity contribution in [1.29, 1.82) is 0 Å². The van der Waals surface area contributed by atoms with Gasteiger partial charge >= 0.3 is 0 Å². The maximum absolute atomic E-state index is 14.0. The minimum absolute atomic E-state index is 0.102. The van der Waals surface area contributed by atoms with Crippen LogP contribution in [0.2, 0.25) is 0 Å². The molecular weight excluding hydrogens is 524 g/mol. The molecule has 0 aliphatic heterocycles. The number of nitrogens with zero attached hydrogens (tertiary/aromatic N) is 3. The van der Waals surface area contributed by atoms with Crippen LogP contribution in [0.15, 0.2) is 54.9 Å². The van der Waals surface area contributed by atoms with E-state index in [1.54, 1.807) is 19.5 Å². The monoisotopic (exact) mass is 565 g/mol. The summed E-state index contributed by atoms with van der Waals surface area (Å²) >= 11 is 0. The second-order valence-corrected chi connectivity index (χ2v) is 11.8. The van der Waals surface area contributed by atoms with Gasteiger partial charge in [0.15, 0.2) is 0 Å². The summed E-state index contributed by atoms with van der Waals surface area (Å²) < 4.78 is 32.4. The smallest absolute Gasteiger partial charge is 0.257 e. The van der Waals surface area contributed by atoms with Gasteiger partial charge in [-0.15, -0.1) is 0 Å². The van der Waals surface area contributed by atoms with Gasteiger partial charge in [-0.3, -0.25) is 9.48 Å². The Kier molecular flexibility index (Phi) is 9.38. The topological polar surface area (TPSA) is 67.6 Å². The standard InChI is InChI=1S/C33H41F2N3O3/c1-22-16-27(12-15-31(22)41-2)24-8-6-23(7-9-24)19-38(33(40)25-10-13-30(39)14-11-25)29-5-3-4-26(17-29)28-18-36-37(20-28)21-32(34)35/h3-5,12,15-18,20,23-25,30,32,39H,6-11,13-14,19,21H2,1-2H3. The van der Waals surface area contributed by atoms with E-state index in [-0.39, 0.29) is 17.9 Å². The predicted octanol–water partition coefficient (Wildman–Crippen LogP) is 6.99. The summed E-state index contributed by atoms with van der Waals surface area (Å²) in [6.45, 7) is 2.29. The molecule has 2 aliphatic rings. The van der Waals surface area contributed by atoms with Gasteiger partial charge in [0, 0.05) is 29.9 Å². The molecule has 41 heavy (non-hydrogen) atoms. The van der Waals surface area contributed by atoms with Crippen molar-refractivity contribution in [2.24, 2.45) is 11.8 Å². The van der Waals surface area contributed by atoms with E-state index in [9.17, 15) is 18.7 Å². The number of methoxy groups -OCH3 is 1. The van der Waals surface area contributed by atoms with Crippen LogP contribution < -0.4 is 9.64 Å². The lowest BCUT2D eigenvalue weighted by atomic mass is 9.78. The molecule has 2 saturated carbocycles. The van der Waals surface area contributed by atoms with Crippen LogP contribution >= 0.6 is 0 Å². The highest BCUT2D eigenvalue weighted by molar-refractivity contribution is 5.95. The van der Waals surface area contributed by atoms with Crippen LogP contribution in [0.5, 0.6) is 5.75 Å². The normalized spacial score (nSPS) is 23.0. The summed E-state index contributed by atoms with van der Waals surface area (Å²) in [5, 5.41) is 14.1. The average Bonchev–Trinajstić information content (AvgIpc) is 3.44. The van der Waals surface area contributed by atoms with E-state index in [1.807, 2.05) is 29.2 Å². The third-order valence-electron chi connectivity index (χ3n) is 8.94. The number of amides is 1. The first-order valence-corrected chi connectivity index (χ1v) is 14.9. The molecule has 2 aliphatic carbocycles. The lowest BCUT2D eigenvalue weighted by Crippen LogP contribution is -2.41. The Labute approximate surface area is 241 Å². The number of alkyl halides is 2. The molecule has 0 atom stereocenters. The average molecular weight is 566 g/mol. The maximum Gasteiger partial charge on any atom is 0.257 e. The third kappa shape index (κ3) is 7.15.